The molecule has 40 heavy (non-hydrogen) atoms. The molecule has 1 aliphatic heterocycles. The van der Waals surface area contributed by atoms with Crippen molar-refractivity contribution in [3.63, 3.8) is 0 Å². The summed E-state index contributed by atoms with van der Waals surface area (Å²) in [6.45, 7) is 2.68. The first-order valence-corrected chi connectivity index (χ1v) is 14.2. The standard InChI is InChI=1S/C22H20F4N4O8S2/c1-3-37-19(31)17-27-30(14-7-11-16(12-8-14)40(35,36)22(25)26)18(20(32)38-4-2)28-29(17)13-5-9-15(10-6-13)39(33,34)21(23)24/h5-12,21-22H,3-4H2,1-2H3. The zero-order valence-corrected chi connectivity index (χ0v) is 22.2. The Balaban J connectivity index is 2.15. The Morgan fingerprint density at radius 1 is 0.675 bits per heavy atom. The summed E-state index contributed by atoms with van der Waals surface area (Å²) in [6.07, 6.45) is 0. The minimum absolute atomic E-state index is 0.0974. The van der Waals surface area contributed by atoms with Crippen molar-refractivity contribution < 1.29 is 53.5 Å². The number of amidine groups is 2. The lowest BCUT2D eigenvalue weighted by atomic mass is 10.3. The minimum atomic E-state index is -4.94. The smallest absolute Gasteiger partial charge is 0.378 e. The van der Waals surface area contributed by atoms with Crippen LogP contribution in [0.15, 0.2) is 68.5 Å². The number of carbonyl (C=O) groups excluding carboxylic acids is 2. The molecule has 12 nitrogen and oxygen atoms in total. The van der Waals surface area contributed by atoms with Crippen molar-refractivity contribution in [2.24, 2.45) is 10.2 Å². The quantitative estimate of drug-likeness (QED) is 0.291. The van der Waals surface area contributed by atoms with Crippen molar-refractivity contribution in [3.05, 3.63) is 48.5 Å². The predicted molar refractivity (Wildman–Crippen MR) is 132 cm³/mol. The first kappa shape index (κ1) is 30.5. The molecule has 0 radical (unpaired) electrons. The average molecular weight is 609 g/mol. The zero-order valence-electron chi connectivity index (χ0n) is 20.6. The van der Waals surface area contributed by atoms with Crippen molar-refractivity contribution in [1.82, 2.24) is 0 Å². The van der Waals surface area contributed by atoms with E-state index in [-0.39, 0.29) is 24.6 Å². The number of alkyl halides is 4. The van der Waals surface area contributed by atoms with Crippen LogP contribution in [-0.2, 0) is 38.7 Å². The summed E-state index contributed by atoms with van der Waals surface area (Å²) in [4.78, 5) is 24.1. The van der Waals surface area contributed by atoms with E-state index in [1.54, 1.807) is 0 Å². The van der Waals surface area contributed by atoms with Crippen molar-refractivity contribution in [3.8, 4) is 0 Å². The molecule has 2 aromatic rings. The van der Waals surface area contributed by atoms with Gasteiger partial charge in [0.25, 0.3) is 11.7 Å². The van der Waals surface area contributed by atoms with Crippen LogP contribution in [0.5, 0.6) is 0 Å². The van der Waals surface area contributed by atoms with Crippen molar-refractivity contribution in [1.29, 1.82) is 0 Å². The summed E-state index contributed by atoms with van der Waals surface area (Å²) in [5, 5.41) is 9.69. The van der Waals surface area contributed by atoms with E-state index in [1.165, 1.54) is 13.8 Å². The number of hydrogen-bond acceptors (Lipinski definition) is 12. The van der Waals surface area contributed by atoms with Gasteiger partial charge in [0.2, 0.25) is 19.7 Å². The second-order valence-electron chi connectivity index (χ2n) is 7.51. The molecule has 0 aliphatic carbocycles. The summed E-state index contributed by atoms with van der Waals surface area (Å²) in [5.41, 5.74) is -0.195. The molecule has 0 fully saturated rings. The van der Waals surface area contributed by atoms with Crippen LogP contribution in [0.3, 0.4) is 0 Å². The number of sulfone groups is 2. The molecule has 0 spiro atoms. The average Bonchev–Trinajstić information content (AvgIpc) is 2.92. The Morgan fingerprint density at radius 3 is 1.23 bits per heavy atom. The number of hydrazone groups is 2. The number of carbonyl (C=O) groups is 2. The molecule has 0 N–H and O–H groups in total. The third-order valence-electron chi connectivity index (χ3n) is 5.00. The summed E-state index contributed by atoms with van der Waals surface area (Å²) in [7, 11) is -9.88. The van der Waals surface area contributed by atoms with Crippen LogP contribution in [-0.4, -0.2) is 65.2 Å². The fourth-order valence-corrected chi connectivity index (χ4v) is 4.58. The van der Waals surface area contributed by atoms with Gasteiger partial charge in [-0.3, -0.25) is 0 Å². The molecule has 0 bridgehead atoms. The maximum atomic E-state index is 12.9. The Bertz CT molecular complexity index is 1430. The molecule has 18 heteroatoms. The largest absolute Gasteiger partial charge is 0.460 e. The van der Waals surface area contributed by atoms with Gasteiger partial charge in [0.05, 0.1) is 34.4 Å². The number of nitrogens with zero attached hydrogens (tertiary/aromatic N) is 4. The van der Waals surface area contributed by atoms with Gasteiger partial charge >= 0.3 is 23.5 Å². The Labute approximate surface area is 225 Å². The lowest BCUT2D eigenvalue weighted by Gasteiger charge is -2.30. The van der Waals surface area contributed by atoms with Crippen LogP contribution >= 0.6 is 0 Å². The molecule has 0 saturated heterocycles. The molecule has 1 aliphatic rings. The first-order chi connectivity index (χ1) is 18.7. The van der Waals surface area contributed by atoms with Gasteiger partial charge < -0.3 is 9.47 Å². The second-order valence-corrected chi connectivity index (χ2v) is 11.3. The van der Waals surface area contributed by atoms with Gasteiger partial charge in [-0.2, -0.15) is 17.6 Å². The highest BCUT2D eigenvalue weighted by Crippen LogP contribution is 2.28. The van der Waals surface area contributed by atoms with E-state index in [1.807, 2.05) is 0 Å². The zero-order chi connectivity index (χ0) is 29.8. The fourth-order valence-electron chi connectivity index (χ4n) is 3.13. The van der Waals surface area contributed by atoms with Gasteiger partial charge in [-0.15, -0.1) is 10.2 Å². The van der Waals surface area contributed by atoms with Gasteiger partial charge in [-0.05, 0) is 62.4 Å². The number of rotatable bonds is 10. The van der Waals surface area contributed by atoms with E-state index >= 15 is 0 Å². The van der Waals surface area contributed by atoms with Crippen LogP contribution < -0.4 is 10.0 Å². The van der Waals surface area contributed by atoms with Gasteiger partial charge in [-0.25, -0.2) is 36.4 Å². The maximum Gasteiger partial charge on any atom is 0.378 e. The van der Waals surface area contributed by atoms with E-state index in [2.05, 4.69) is 10.2 Å². The number of ether oxygens (including phenoxy) is 2. The number of esters is 2. The third kappa shape index (κ3) is 6.06. The normalized spacial score (nSPS) is 14.2. The molecule has 0 amide bonds. The Hall–Kier alpha value is -4.06. The monoisotopic (exact) mass is 608 g/mol. The van der Waals surface area contributed by atoms with Crippen LogP contribution in [0, 0.1) is 0 Å². The molecule has 1 heterocycles. The summed E-state index contributed by atoms with van der Waals surface area (Å²) in [6, 6.07) is 7.40. The minimum Gasteiger partial charge on any atom is -0.460 e. The molecule has 2 aromatic carbocycles. The highest BCUT2D eigenvalue weighted by molar-refractivity contribution is 7.92. The van der Waals surface area contributed by atoms with Crippen molar-refractivity contribution >= 4 is 54.7 Å². The molecule has 0 unspecified atom stereocenters. The van der Waals surface area contributed by atoms with E-state index in [9.17, 15) is 44.0 Å². The Morgan fingerprint density at radius 2 is 0.975 bits per heavy atom. The van der Waals surface area contributed by atoms with E-state index in [0.29, 0.717) is 0 Å². The number of anilines is 2. The molecule has 0 atom stereocenters. The summed E-state index contributed by atoms with van der Waals surface area (Å²) in [5.74, 6) is -10.7. The second kappa shape index (κ2) is 12.0. The molecule has 3 rings (SSSR count). The topological polar surface area (TPSA) is 152 Å². The van der Waals surface area contributed by atoms with Gasteiger partial charge in [0.1, 0.15) is 0 Å². The van der Waals surface area contributed by atoms with Gasteiger partial charge in [0.15, 0.2) is 0 Å². The van der Waals surface area contributed by atoms with Gasteiger partial charge in [0, 0.05) is 0 Å². The molecule has 0 saturated carbocycles. The lowest BCUT2D eigenvalue weighted by molar-refractivity contribution is -0.136. The number of benzene rings is 2. The highest BCUT2D eigenvalue weighted by atomic mass is 32.2. The van der Waals surface area contributed by atoms with Crippen molar-refractivity contribution in [2.75, 3.05) is 23.2 Å². The highest BCUT2D eigenvalue weighted by Gasteiger charge is 2.36. The van der Waals surface area contributed by atoms with Crippen LogP contribution in [0.2, 0.25) is 0 Å². The summed E-state index contributed by atoms with van der Waals surface area (Å²) < 4.78 is 109. The van der Waals surface area contributed by atoms with Gasteiger partial charge in [-0.1, -0.05) is 0 Å². The van der Waals surface area contributed by atoms with Crippen LogP contribution in [0.1, 0.15) is 13.8 Å². The Kier molecular flexibility index (Phi) is 9.14. The number of halogens is 4. The first-order valence-electron chi connectivity index (χ1n) is 11.1. The maximum absolute atomic E-state index is 12.9. The molecular formula is C22H20F4N4O8S2. The molecular weight excluding hydrogens is 588 g/mol. The summed E-state index contributed by atoms with van der Waals surface area (Å²) >= 11 is 0. The van der Waals surface area contributed by atoms with Crippen LogP contribution in [0.4, 0.5) is 28.9 Å². The van der Waals surface area contributed by atoms with E-state index in [4.69, 9.17) is 9.47 Å². The predicted octanol–water partition coefficient (Wildman–Crippen LogP) is 2.76. The van der Waals surface area contributed by atoms with E-state index < -0.39 is 64.6 Å². The molecule has 0 aromatic heterocycles. The van der Waals surface area contributed by atoms with Crippen LogP contribution in [0.25, 0.3) is 0 Å². The van der Waals surface area contributed by atoms with Crippen molar-refractivity contribution in [2.45, 2.75) is 35.2 Å². The lowest BCUT2D eigenvalue weighted by Crippen LogP contribution is -2.47. The third-order valence-corrected chi connectivity index (χ3v) is 7.79. The van der Waals surface area contributed by atoms with E-state index in [0.717, 1.165) is 58.5 Å². The number of hydrogen-bond donors (Lipinski definition) is 0. The fraction of sp³-hybridized carbons (Fsp3) is 0.273. The SMILES string of the molecule is CCOC(=O)C1=NN(c2ccc(S(=O)(=O)C(F)F)cc2)C(C(=O)OCC)=NN1c1ccc(S(=O)(=O)C(F)F)cc1. The molecule has 216 valence electrons.